The van der Waals surface area contributed by atoms with Crippen molar-refractivity contribution in [1.29, 1.82) is 0 Å². The number of benzene rings is 10. The Labute approximate surface area is 307 Å². The average Bonchev–Trinajstić information content (AvgIpc) is 3.58. The van der Waals surface area contributed by atoms with Crippen LogP contribution in [0.3, 0.4) is 0 Å². The van der Waals surface area contributed by atoms with Crippen LogP contribution in [0.15, 0.2) is 200 Å². The van der Waals surface area contributed by atoms with E-state index in [1.807, 2.05) is 0 Å². The first-order chi connectivity index (χ1) is 26.3. The molecule has 1 heterocycles. The maximum absolute atomic E-state index is 2.50. The topological polar surface area (TPSA) is 4.93 Å². The van der Waals surface area contributed by atoms with Gasteiger partial charge in [-0.3, -0.25) is 0 Å². The third-order valence-electron chi connectivity index (χ3n) is 11.2. The zero-order chi connectivity index (χ0) is 34.9. The van der Waals surface area contributed by atoms with Gasteiger partial charge in [-0.1, -0.05) is 176 Å². The van der Waals surface area contributed by atoms with Crippen molar-refractivity contribution >= 4 is 64.9 Å². The first-order valence-electron chi connectivity index (χ1n) is 18.4. The van der Waals surface area contributed by atoms with Gasteiger partial charge < -0.3 is 4.57 Å². The van der Waals surface area contributed by atoms with Crippen LogP contribution in [0.1, 0.15) is 0 Å². The van der Waals surface area contributed by atoms with E-state index in [2.05, 4.69) is 205 Å². The summed E-state index contributed by atoms with van der Waals surface area (Å²) in [5, 5.41) is 12.8. The van der Waals surface area contributed by atoms with E-state index < -0.39 is 0 Å². The van der Waals surface area contributed by atoms with E-state index in [9.17, 15) is 0 Å². The molecule has 0 aliphatic rings. The number of para-hydroxylation sites is 1. The molecule has 0 spiro atoms. The number of aromatic nitrogens is 1. The second kappa shape index (κ2) is 11.8. The van der Waals surface area contributed by atoms with Gasteiger partial charge in [0.2, 0.25) is 0 Å². The largest absolute Gasteiger partial charge is 0.309 e. The lowest BCUT2D eigenvalue weighted by Crippen LogP contribution is -1.97. The van der Waals surface area contributed by atoms with E-state index in [1.165, 1.54) is 104 Å². The molecule has 11 aromatic rings. The van der Waals surface area contributed by atoms with Crippen LogP contribution in [0.4, 0.5) is 0 Å². The summed E-state index contributed by atoms with van der Waals surface area (Å²) in [7, 11) is 0. The summed E-state index contributed by atoms with van der Waals surface area (Å²) >= 11 is 0. The molecule has 246 valence electrons. The maximum atomic E-state index is 2.50. The fourth-order valence-electron chi connectivity index (χ4n) is 8.79. The number of hydrogen-bond donors (Lipinski definition) is 0. The molecule has 0 bridgehead atoms. The molecule has 0 unspecified atom stereocenters. The van der Waals surface area contributed by atoms with Gasteiger partial charge in [-0.2, -0.15) is 0 Å². The highest BCUT2D eigenvalue weighted by molar-refractivity contribution is 6.30. The van der Waals surface area contributed by atoms with Crippen molar-refractivity contribution in [3.05, 3.63) is 200 Å². The molecule has 53 heavy (non-hydrogen) atoms. The lowest BCUT2D eigenvalue weighted by Gasteiger charge is -2.16. The Bertz CT molecular complexity index is 3200. The fourth-order valence-corrected chi connectivity index (χ4v) is 8.79. The van der Waals surface area contributed by atoms with Gasteiger partial charge in [0.1, 0.15) is 0 Å². The summed E-state index contributed by atoms with van der Waals surface area (Å²) in [5.41, 5.74) is 10.9. The minimum Gasteiger partial charge on any atom is -0.309 e. The van der Waals surface area contributed by atoms with E-state index in [4.69, 9.17) is 0 Å². The molecule has 0 saturated carbocycles. The SMILES string of the molecule is c1ccc(-c2ccccc2-n2c3ccc4ccccc4c3c3c4ccccc4c(-c4ccc(-c5cc6ccccc6c6ccccc56)cc4)cc32)cc1. The van der Waals surface area contributed by atoms with Crippen LogP contribution >= 0.6 is 0 Å². The minimum atomic E-state index is 1.17. The monoisotopic (exact) mass is 671 g/mol. The first kappa shape index (κ1) is 29.7. The highest BCUT2D eigenvalue weighted by atomic mass is 15.0. The van der Waals surface area contributed by atoms with Crippen molar-refractivity contribution < 1.29 is 0 Å². The molecule has 0 atom stereocenters. The predicted molar refractivity (Wildman–Crippen MR) is 227 cm³/mol. The third kappa shape index (κ3) is 4.58. The van der Waals surface area contributed by atoms with Crippen LogP contribution in [0.25, 0.3) is 104 Å². The van der Waals surface area contributed by atoms with Crippen LogP contribution in [0.5, 0.6) is 0 Å². The molecular formula is C52H33N. The zero-order valence-electron chi connectivity index (χ0n) is 29.0. The van der Waals surface area contributed by atoms with Crippen molar-refractivity contribution in [3.8, 4) is 39.1 Å². The molecule has 1 nitrogen and oxygen atoms in total. The number of fused-ring (bicyclic) bond motifs is 10. The molecule has 0 aliphatic carbocycles. The van der Waals surface area contributed by atoms with Crippen molar-refractivity contribution in [2.45, 2.75) is 0 Å². The van der Waals surface area contributed by atoms with Gasteiger partial charge in [0.25, 0.3) is 0 Å². The van der Waals surface area contributed by atoms with Crippen molar-refractivity contribution in [1.82, 2.24) is 4.57 Å². The lowest BCUT2D eigenvalue weighted by atomic mass is 9.91. The number of nitrogens with zero attached hydrogens (tertiary/aromatic N) is 1. The summed E-state index contributed by atoms with van der Waals surface area (Å²) in [6, 6.07) is 73.5. The fraction of sp³-hybridized carbons (Fsp3) is 0. The van der Waals surface area contributed by atoms with Crippen LogP contribution in [0, 0.1) is 0 Å². The Hall–Kier alpha value is -6.96. The summed E-state index contributed by atoms with van der Waals surface area (Å²) in [6.07, 6.45) is 0. The van der Waals surface area contributed by atoms with Crippen molar-refractivity contribution in [3.63, 3.8) is 0 Å². The smallest absolute Gasteiger partial charge is 0.0554 e. The molecular weight excluding hydrogens is 639 g/mol. The van der Waals surface area contributed by atoms with E-state index in [-0.39, 0.29) is 0 Å². The first-order valence-corrected chi connectivity index (χ1v) is 18.4. The van der Waals surface area contributed by atoms with E-state index in [0.717, 1.165) is 0 Å². The van der Waals surface area contributed by atoms with Gasteiger partial charge in [0.15, 0.2) is 0 Å². The maximum Gasteiger partial charge on any atom is 0.0554 e. The van der Waals surface area contributed by atoms with Gasteiger partial charge >= 0.3 is 0 Å². The molecule has 0 amide bonds. The highest BCUT2D eigenvalue weighted by Gasteiger charge is 2.21. The summed E-state index contributed by atoms with van der Waals surface area (Å²) in [4.78, 5) is 0. The minimum absolute atomic E-state index is 1.17. The summed E-state index contributed by atoms with van der Waals surface area (Å²) in [5.74, 6) is 0. The highest BCUT2D eigenvalue weighted by Crippen LogP contribution is 2.45. The quantitative estimate of drug-likeness (QED) is 0.164. The van der Waals surface area contributed by atoms with Crippen LogP contribution < -0.4 is 0 Å². The van der Waals surface area contributed by atoms with E-state index in [1.54, 1.807) is 0 Å². The molecule has 0 aliphatic heterocycles. The van der Waals surface area contributed by atoms with Gasteiger partial charge in [-0.25, -0.2) is 0 Å². The van der Waals surface area contributed by atoms with Crippen LogP contribution in [-0.4, -0.2) is 4.57 Å². The second-order valence-corrected chi connectivity index (χ2v) is 14.0. The Morgan fingerprint density at radius 2 is 0.774 bits per heavy atom. The summed E-state index contributed by atoms with van der Waals surface area (Å²) < 4.78 is 2.50. The van der Waals surface area contributed by atoms with E-state index >= 15 is 0 Å². The zero-order valence-corrected chi connectivity index (χ0v) is 29.0. The average molecular weight is 672 g/mol. The second-order valence-electron chi connectivity index (χ2n) is 14.0. The summed E-state index contributed by atoms with van der Waals surface area (Å²) in [6.45, 7) is 0. The Morgan fingerprint density at radius 1 is 0.264 bits per heavy atom. The van der Waals surface area contributed by atoms with Crippen LogP contribution in [0.2, 0.25) is 0 Å². The van der Waals surface area contributed by atoms with E-state index in [0.29, 0.717) is 0 Å². The molecule has 0 saturated heterocycles. The van der Waals surface area contributed by atoms with Gasteiger partial charge in [-0.15, -0.1) is 0 Å². The Kier molecular flexibility index (Phi) is 6.62. The normalized spacial score (nSPS) is 11.8. The Balaban J connectivity index is 1.20. The van der Waals surface area contributed by atoms with Crippen molar-refractivity contribution in [2.24, 2.45) is 0 Å². The lowest BCUT2D eigenvalue weighted by molar-refractivity contribution is 1.18. The van der Waals surface area contributed by atoms with Gasteiger partial charge in [-0.05, 0) is 95.2 Å². The van der Waals surface area contributed by atoms with Gasteiger partial charge in [0.05, 0.1) is 16.7 Å². The molecule has 0 N–H and O–H groups in total. The molecule has 1 heteroatoms. The number of hydrogen-bond acceptors (Lipinski definition) is 0. The molecule has 11 rings (SSSR count). The Morgan fingerprint density at radius 3 is 1.53 bits per heavy atom. The third-order valence-corrected chi connectivity index (χ3v) is 11.2. The molecule has 0 radical (unpaired) electrons. The van der Waals surface area contributed by atoms with Crippen molar-refractivity contribution in [2.75, 3.05) is 0 Å². The van der Waals surface area contributed by atoms with Crippen LogP contribution in [-0.2, 0) is 0 Å². The standard InChI is InChI=1S/C52H33N/c1-2-14-34(15-3-1)40-19-12-13-25-48(40)53-49-31-30-35-16-4-7-20-41(35)51(49)52-45-24-11-10-23-44(45)47(33-50(52)53)37-28-26-36(27-29-37)46-32-38-17-5-6-18-39(38)42-21-8-9-22-43(42)46/h1-33H. The number of rotatable bonds is 4. The molecule has 1 aromatic heterocycles. The molecule has 0 fully saturated rings. The predicted octanol–water partition coefficient (Wildman–Crippen LogP) is 14.4. The van der Waals surface area contributed by atoms with Gasteiger partial charge in [0, 0.05) is 16.3 Å². The molecule has 10 aromatic carbocycles.